The molecular formula is C22H18FN3O. The van der Waals surface area contributed by atoms with Crippen LogP contribution in [0.2, 0.25) is 0 Å². The first-order chi connectivity index (χ1) is 13.1. The molecular weight excluding hydrogens is 341 g/mol. The second-order valence-corrected chi connectivity index (χ2v) is 6.37. The highest BCUT2D eigenvalue weighted by Gasteiger charge is 2.16. The van der Waals surface area contributed by atoms with Gasteiger partial charge in [-0.1, -0.05) is 42.5 Å². The van der Waals surface area contributed by atoms with Gasteiger partial charge in [0.25, 0.3) is 5.91 Å². The number of benzene rings is 3. The van der Waals surface area contributed by atoms with E-state index in [2.05, 4.69) is 4.98 Å². The summed E-state index contributed by atoms with van der Waals surface area (Å²) in [6, 6.07) is 19.7. The van der Waals surface area contributed by atoms with E-state index in [1.165, 1.54) is 12.1 Å². The maximum atomic E-state index is 13.7. The SMILES string of the molecule is NCc1ccccc1-c1ccc(C(N)=O)c2[nH]c(-c3cccc(F)c3)cc12. The van der Waals surface area contributed by atoms with E-state index >= 15 is 0 Å². The molecule has 0 aliphatic carbocycles. The van der Waals surface area contributed by atoms with Crippen molar-refractivity contribution in [2.24, 2.45) is 11.5 Å². The fourth-order valence-electron chi connectivity index (χ4n) is 3.43. The number of halogens is 1. The van der Waals surface area contributed by atoms with Gasteiger partial charge in [0.15, 0.2) is 0 Å². The van der Waals surface area contributed by atoms with Gasteiger partial charge < -0.3 is 16.5 Å². The minimum Gasteiger partial charge on any atom is -0.366 e. The van der Waals surface area contributed by atoms with Crippen LogP contribution in [0.4, 0.5) is 4.39 Å². The Labute approximate surface area is 155 Å². The fourth-order valence-corrected chi connectivity index (χ4v) is 3.43. The third kappa shape index (κ3) is 2.98. The lowest BCUT2D eigenvalue weighted by atomic mass is 9.95. The Hall–Kier alpha value is -3.44. The number of nitrogens with two attached hydrogens (primary N) is 2. The number of carbonyl (C=O) groups excluding carboxylic acids is 1. The van der Waals surface area contributed by atoms with Crippen LogP contribution < -0.4 is 11.5 Å². The molecule has 0 bridgehead atoms. The van der Waals surface area contributed by atoms with Gasteiger partial charge in [0.05, 0.1) is 11.1 Å². The zero-order valence-electron chi connectivity index (χ0n) is 14.5. The number of H-pyrrole nitrogens is 1. The Morgan fingerprint density at radius 1 is 0.963 bits per heavy atom. The first-order valence-electron chi connectivity index (χ1n) is 8.58. The molecule has 0 spiro atoms. The zero-order chi connectivity index (χ0) is 19.0. The molecule has 0 radical (unpaired) electrons. The van der Waals surface area contributed by atoms with Crippen molar-refractivity contribution in [1.82, 2.24) is 4.98 Å². The summed E-state index contributed by atoms with van der Waals surface area (Å²) in [4.78, 5) is 15.1. The Balaban J connectivity index is 2.01. The predicted molar refractivity (Wildman–Crippen MR) is 106 cm³/mol. The lowest BCUT2D eigenvalue weighted by Crippen LogP contribution is -2.11. The quantitative estimate of drug-likeness (QED) is 0.510. The van der Waals surface area contributed by atoms with Crippen molar-refractivity contribution in [3.8, 4) is 22.4 Å². The van der Waals surface area contributed by atoms with Crippen LogP contribution >= 0.6 is 0 Å². The average Bonchev–Trinajstić information content (AvgIpc) is 3.12. The topological polar surface area (TPSA) is 84.9 Å². The number of rotatable bonds is 4. The van der Waals surface area contributed by atoms with Crippen molar-refractivity contribution in [3.63, 3.8) is 0 Å². The molecule has 0 aliphatic rings. The molecule has 5 N–H and O–H groups in total. The lowest BCUT2D eigenvalue weighted by Gasteiger charge is -2.10. The van der Waals surface area contributed by atoms with Crippen LogP contribution in [0.5, 0.6) is 0 Å². The molecule has 0 aliphatic heterocycles. The summed E-state index contributed by atoms with van der Waals surface area (Å²) in [5.74, 6) is -0.846. The monoisotopic (exact) mass is 359 g/mol. The van der Waals surface area contributed by atoms with Crippen LogP contribution in [-0.4, -0.2) is 10.9 Å². The van der Waals surface area contributed by atoms with Gasteiger partial charge in [-0.15, -0.1) is 0 Å². The summed E-state index contributed by atoms with van der Waals surface area (Å²) < 4.78 is 13.7. The van der Waals surface area contributed by atoms with Crippen LogP contribution in [0, 0.1) is 5.82 Å². The molecule has 4 rings (SSSR count). The molecule has 0 saturated heterocycles. The summed E-state index contributed by atoms with van der Waals surface area (Å²) in [7, 11) is 0. The number of hydrogen-bond donors (Lipinski definition) is 3. The van der Waals surface area contributed by atoms with Gasteiger partial charge in [0.1, 0.15) is 5.82 Å². The van der Waals surface area contributed by atoms with Gasteiger partial charge >= 0.3 is 0 Å². The van der Waals surface area contributed by atoms with Crippen molar-refractivity contribution in [1.29, 1.82) is 0 Å². The van der Waals surface area contributed by atoms with E-state index in [1.807, 2.05) is 42.5 Å². The van der Waals surface area contributed by atoms with Crippen molar-refractivity contribution in [2.75, 3.05) is 0 Å². The lowest BCUT2D eigenvalue weighted by molar-refractivity contribution is 0.100. The van der Waals surface area contributed by atoms with Gasteiger partial charge in [-0.25, -0.2) is 4.39 Å². The number of aromatic nitrogens is 1. The van der Waals surface area contributed by atoms with Crippen molar-refractivity contribution in [3.05, 3.63) is 83.7 Å². The highest BCUT2D eigenvalue weighted by molar-refractivity contribution is 6.10. The Morgan fingerprint density at radius 2 is 1.78 bits per heavy atom. The standard InChI is InChI=1S/C22H18FN3O/c23-15-6-3-5-13(10-15)20-11-19-17(16-7-2-1-4-14(16)12-24)8-9-18(22(25)27)21(19)26-20/h1-11,26H,12,24H2,(H2,25,27). The van der Waals surface area contributed by atoms with E-state index in [0.717, 1.165) is 22.1 Å². The van der Waals surface area contributed by atoms with Crippen LogP contribution in [0.25, 0.3) is 33.3 Å². The molecule has 3 aromatic carbocycles. The van der Waals surface area contributed by atoms with E-state index < -0.39 is 5.91 Å². The van der Waals surface area contributed by atoms with Gasteiger partial charge in [0.2, 0.25) is 0 Å². The summed E-state index contributed by atoms with van der Waals surface area (Å²) in [6.45, 7) is 0.399. The van der Waals surface area contributed by atoms with Crippen LogP contribution in [-0.2, 0) is 6.54 Å². The van der Waals surface area contributed by atoms with E-state index in [9.17, 15) is 9.18 Å². The molecule has 0 atom stereocenters. The minimum absolute atomic E-state index is 0.324. The zero-order valence-corrected chi connectivity index (χ0v) is 14.5. The molecule has 4 nitrogen and oxygen atoms in total. The molecule has 27 heavy (non-hydrogen) atoms. The average molecular weight is 359 g/mol. The van der Waals surface area contributed by atoms with E-state index in [1.54, 1.807) is 12.1 Å². The number of carbonyl (C=O) groups is 1. The second kappa shape index (κ2) is 6.70. The molecule has 1 amide bonds. The smallest absolute Gasteiger partial charge is 0.250 e. The number of primary amides is 1. The molecule has 1 heterocycles. The van der Waals surface area contributed by atoms with Crippen molar-refractivity contribution in [2.45, 2.75) is 6.54 Å². The molecule has 5 heteroatoms. The molecule has 0 fully saturated rings. The third-order valence-corrected chi connectivity index (χ3v) is 4.72. The third-order valence-electron chi connectivity index (χ3n) is 4.72. The molecule has 1 aromatic heterocycles. The summed E-state index contributed by atoms with van der Waals surface area (Å²) in [5.41, 5.74) is 16.8. The Kier molecular flexibility index (Phi) is 4.22. The first-order valence-corrected chi connectivity index (χ1v) is 8.58. The van der Waals surface area contributed by atoms with Gasteiger partial charge in [0, 0.05) is 23.2 Å². The van der Waals surface area contributed by atoms with E-state index in [-0.39, 0.29) is 5.82 Å². The number of amides is 1. The Bertz CT molecular complexity index is 1160. The molecule has 0 saturated carbocycles. The second-order valence-electron chi connectivity index (χ2n) is 6.37. The fraction of sp³-hybridized carbons (Fsp3) is 0.0455. The van der Waals surface area contributed by atoms with E-state index in [4.69, 9.17) is 11.5 Å². The molecule has 0 unspecified atom stereocenters. The number of hydrogen-bond acceptors (Lipinski definition) is 2. The van der Waals surface area contributed by atoms with E-state index in [0.29, 0.717) is 28.9 Å². The summed E-state index contributed by atoms with van der Waals surface area (Å²) in [5, 5.41) is 0.839. The van der Waals surface area contributed by atoms with Gasteiger partial charge in [-0.2, -0.15) is 0 Å². The van der Waals surface area contributed by atoms with Crippen molar-refractivity contribution >= 4 is 16.8 Å². The van der Waals surface area contributed by atoms with Gasteiger partial charge in [-0.3, -0.25) is 4.79 Å². The molecule has 4 aromatic rings. The molecule has 134 valence electrons. The van der Waals surface area contributed by atoms with Crippen LogP contribution in [0.1, 0.15) is 15.9 Å². The normalized spacial score (nSPS) is 11.0. The number of fused-ring (bicyclic) bond motifs is 1. The highest BCUT2D eigenvalue weighted by Crippen LogP contribution is 2.35. The largest absolute Gasteiger partial charge is 0.366 e. The summed E-state index contributed by atoms with van der Waals surface area (Å²) >= 11 is 0. The first kappa shape index (κ1) is 17.0. The van der Waals surface area contributed by atoms with Crippen LogP contribution in [0.15, 0.2) is 66.7 Å². The maximum absolute atomic E-state index is 13.7. The summed E-state index contributed by atoms with van der Waals surface area (Å²) in [6.07, 6.45) is 0. The predicted octanol–water partition coefficient (Wildman–Crippen LogP) is 4.20. The number of nitrogens with one attached hydrogen (secondary N) is 1. The highest BCUT2D eigenvalue weighted by atomic mass is 19.1. The maximum Gasteiger partial charge on any atom is 0.250 e. The van der Waals surface area contributed by atoms with Crippen molar-refractivity contribution < 1.29 is 9.18 Å². The number of aromatic amines is 1. The van der Waals surface area contributed by atoms with Gasteiger partial charge in [-0.05, 0) is 41.0 Å². The van der Waals surface area contributed by atoms with Crippen LogP contribution in [0.3, 0.4) is 0 Å². The Morgan fingerprint density at radius 3 is 2.52 bits per heavy atom. The minimum atomic E-state index is -0.522.